The first-order valence-electron chi connectivity index (χ1n) is 7.75. The average Bonchev–Trinajstić information content (AvgIpc) is 2.77. The van der Waals surface area contributed by atoms with Crippen LogP contribution in [0, 0.1) is 0 Å². The van der Waals surface area contributed by atoms with Crippen molar-refractivity contribution in [1.29, 1.82) is 0 Å². The zero-order chi connectivity index (χ0) is 17.7. The molecule has 1 unspecified atom stereocenters. The summed E-state index contributed by atoms with van der Waals surface area (Å²) in [6.07, 6.45) is 0.187. The van der Waals surface area contributed by atoms with Gasteiger partial charge >= 0.3 is 5.97 Å². The molecule has 6 nitrogen and oxygen atoms in total. The van der Waals surface area contributed by atoms with E-state index < -0.39 is 22.3 Å². The number of nitrogens with one attached hydrogen (secondary N) is 1. The topological polar surface area (TPSA) is 86.7 Å². The van der Waals surface area contributed by atoms with Crippen molar-refractivity contribution < 1.29 is 19.5 Å². The fourth-order valence-electron chi connectivity index (χ4n) is 3.45. The number of aliphatic carboxylic acids is 1. The number of carbonyl (C=O) groups excluding carboxylic acids is 2. The molecule has 0 spiro atoms. The second kappa shape index (κ2) is 5.51. The normalized spacial score (nSPS) is 30.5. The van der Waals surface area contributed by atoms with Crippen LogP contribution >= 0.6 is 11.8 Å². The summed E-state index contributed by atoms with van der Waals surface area (Å²) in [4.78, 5) is 37.8. The quantitative estimate of drug-likeness (QED) is 0.800. The first-order valence-corrected chi connectivity index (χ1v) is 8.63. The Labute approximate surface area is 144 Å². The van der Waals surface area contributed by atoms with Crippen molar-refractivity contribution >= 4 is 29.5 Å². The molecule has 7 heteroatoms. The van der Waals surface area contributed by atoms with Crippen LogP contribution in [0.3, 0.4) is 0 Å². The third-order valence-electron chi connectivity index (χ3n) is 4.62. The Morgan fingerprint density at radius 2 is 1.88 bits per heavy atom. The minimum atomic E-state index is -1.06. The molecule has 3 rings (SSSR count). The fourth-order valence-corrected chi connectivity index (χ4v) is 5.10. The highest BCUT2D eigenvalue weighted by atomic mass is 32.2. The highest BCUT2D eigenvalue weighted by Crippen LogP contribution is 2.54. The predicted octanol–water partition coefficient (Wildman–Crippen LogP) is 1.25. The van der Waals surface area contributed by atoms with Crippen LogP contribution in [0.1, 0.15) is 26.3 Å². The zero-order valence-corrected chi connectivity index (χ0v) is 14.6. The summed E-state index contributed by atoms with van der Waals surface area (Å²) in [5.74, 6) is -1.59. The molecule has 2 aliphatic heterocycles. The van der Waals surface area contributed by atoms with E-state index in [0.717, 1.165) is 5.56 Å². The van der Waals surface area contributed by atoms with Crippen LogP contribution in [0.2, 0.25) is 0 Å². The molecule has 0 aromatic heterocycles. The van der Waals surface area contributed by atoms with Crippen LogP contribution in [0.25, 0.3) is 0 Å². The molecule has 2 N–H and O–H groups in total. The number of rotatable bonds is 4. The number of hydrogen-bond donors (Lipinski definition) is 2. The van der Waals surface area contributed by atoms with E-state index in [9.17, 15) is 19.5 Å². The molecular weight excluding hydrogens is 328 g/mol. The summed E-state index contributed by atoms with van der Waals surface area (Å²) >= 11 is 1.42. The predicted molar refractivity (Wildman–Crippen MR) is 90.4 cm³/mol. The Morgan fingerprint density at radius 1 is 1.25 bits per heavy atom. The number of hydrogen-bond acceptors (Lipinski definition) is 4. The largest absolute Gasteiger partial charge is 0.480 e. The van der Waals surface area contributed by atoms with E-state index in [1.165, 1.54) is 16.7 Å². The van der Waals surface area contributed by atoms with Gasteiger partial charge in [-0.1, -0.05) is 30.3 Å². The van der Waals surface area contributed by atoms with Crippen molar-refractivity contribution in [2.24, 2.45) is 0 Å². The Morgan fingerprint density at radius 3 is 2.46 bits per heavy atom. The van der Waals surface area contributed by atoms with Crippen LogP contribution in [0.15, 0.2) is 30.3 Å². The number of carboxylic acids is 1. The molecule has 2 aliphatic rings. The van der Waals surface area contributed by atoms with Gasteiger partial charge in [-0.3, -0.25) is 9.59 Å². The third-order valence-corrected chi connectivity index (χ3v) is 6.37. The Kier molecular flexibility index (Phi) is 3.86. The van der Waals surface area contributed by atoms with E-state index in [-0.39, 0.29) is 23.6 Å². The zero-order valence-electron chi connectivity index (χ0n) is 13.8. The van der Waals surface area contributed by atoms with Gasteiger partial charge in [-0.05, 0) is 26.3 Å². The van der Waals surface area contributed by atoms with Gasteiger partial charge in [0.1, 0.15) is 17.0 Å². The molecular formula is C17H20N2O4S. The molecule has 1 aromatic carbocycles. The van der Waals surface area contributed by atoms with Gasteiger partial charge in [0.05, 0.1) is 6.42 Å². The Balaban J connectivity index is 1.75. The maximum Gasteiger partial charge on any atom is 0.327 e. The standard InChI is InChI=1S/C17H20N2O4S/c1-16(2)12(13(21)22)19-14(23)17(3,15(19)24-16)18-11(20)9-10-7-5-4-6-8-10/h4-8,12,15H,9H2,1-3H3,(H,18,20)(H,21,22)/t12-,15+,17?/m0/s1. The van der Waals surface area contributed by atoms with E-state index in [1.807, 2.05) is 44.2 Å². The van der Waals surface area contributed by atoms with E-state index in [1.54, 1.807) is 6.92 Å². The summed E-state index contributed by atoms with van der Waals surface area (Å²) in [7, 11) is 0. The monoisotopic (exact) mass is 348 g/mol. The third kappa shape index (κ3) is 2.47. The minimum absolute atomic E-state index is 0.187. The molecule has 128 valence electrons. The van der Waals surface area contributed by atoms with Gasteiger partial charge in [0.25, 0.3) is 5.91 Å². The molecule has 2 amide bonds. The van der Waals surface area contributed by atoms with Gasteiger partial charge in [-0.15, -0.1) is 11.8 Å². The summed E-state index contributed by atoms with van der Waals surface area (Å²) in [5, 5.41) is 11.9. The molecule has 2 saturated heterocycles. The van der Waals surface area contributed by atoms with Crippen molar-refractivity contribution in [1.82, 2.24) is 10.2 Å². The lowest BCUT2D eigenvalue weighted by Gasteiger charge is -2.51. The summed E-state index contributed by atoms with van der Waals surface area (Å²) in [6.45, 7) is 5.30. The number of benzene rings is 1. The number of nitrogens with zero attached hydrogens (tertiary/aromatic N) is 1. The van der Waals surface area contributed by atoms with Gasteiger partial charge in [0.2, 0.25) is 5.91 Å². The average molecular weight is 348 g/mol. The van der Waals surface area contributed by atoms with Crippen LogP contribution < -0.4 is 5.32 Å². The first kappa shape index (κ1) is 16.8. The lowest BCUT2D eigenvalue weighted by Crippen LogP contribution is -2.78. The number of carboxylic acid groups (broad SMARTS) is 1. The van der Waals surface area contributed by atoms with E-state index in [2.05, 4.69) is 5.32 Å². The number of fused-ring (bicyclic) bond motifs is 1. The van der Waals surface area contributed by atoms with Crippen molar-refractivity contribution in [2.45, 2.75) is 48.9 Å². The van der Waals surface area contributed by atoms with Crippen LogP contribution in [0.4, 0.5) is 0 Å². The number of thioether (sulfide) groups is 1. The van der Waals surface area contributed by atoms with E-state index >= 15 is 0 Å². The molecule has 3 atom stereocenters. The second-order valence-electron chi connectivity index (χ2n) is 6.94. The van der Waals surface area contributed by atoms with Crippen LogP contribution in [-0.2, 0) is 20.8 Å². The van der Waals surface area contributed by atoms with Crippen LogP contribution in [-0.4, -0.2) is 49.5 Å². The molecule has 0 radical (unpaired) electrons. The molecule has 2 heterocycles. The van der Waals surface area contributed by atoms with E-state index in [4.69, 9.17) is 0 Å². The van der Waals surface area contributed by atoms with Gasteiger partial charge in [0.15, 0.2) is 0 Å². The molecule has 0 saturated carbocycles. The van der Waals surface area contributed by atoms with Crippen molar-refractivity contribution in [3.8, 4) is 0 Å². The molecule has 0 aliphatic carbocycles. The maximum absolute atomic E-state index is 12.6. The first-order chi connectivity index (χ1) is 11.2. The number of carbonyl (C=O) groups is 3. The Hall–Kier alpha value is -2.02. The number of amides is 2. The second-order valence-corrected chi connectivity index (χ2v) is 8.67. The fraction of sp³-hybridized carbons (Fsp3) is 0.471. The summed E-state index contributed by atoms with van der Waals surface area (Å²) in [6, 6.07) is 8.41. The van der Waals surface area contributed by atoms with Gasteiger partial charge in [-0.25, -0.2) is 4.79 Å². The van der Waals surface area contributed by atoms with Gasteiger partial charge in [-0.2, -0.15) is 0 Å². The van der Waals surface area contributed by atoms with Crippen LogP contribution in [0.5, 0.6) is 0 Å². The molecule has 0 bridgehead atoms. The maximum atomic E-state index is 12.6. The smallest absolute Gasteiger partial charge is 0.327 e. The molecule has 2 fully saturated rings. The minimum Gasteiger partial charge on any atom is -0.480 e. The van der Waals surface area contributed by atoms with Crippen molar-refractivity contribution in [3.05, 3.63) is 35.9 Å². The highest BCUT2D eigenvalue weighted by molar-refractivity contribution is 8.01. The molecule has 1 aromatic rings. The van der Waals surface area contributed by atoms with Crippen molar-refractivity contribution in [3.63, 3.8) is 0 Å². The summed E-state index contributed by atoms with van der Waals surface area (Å²) in [5.41, 5.74) is -0.192. The van der Waals surface area contributed by atoms with Gasteiger partial charge < -0.3 is 15.3 Å². The van der Waals surface area contributed by atoms with E-state index in [0.29, 0.717) is 0 Å². The lowest BCUT2D eigenvalue weighted by molar-refractivity contribution is -0.167. The Bertz CT molecular complexity index is 706. The highest BCUT2D eigenvalue weighted by Gasteiger charge is 2.69. The summed E-state index contributed by atoms with van der Waals surface area (Å²) < 4.78 is -0.603. The molecule has 24 heavy (non-hydrogen) atoms. The SMILES string of the molecule is CC1(C)S[C@H]2N(C(=O)C2(C)NC(=O)Cc2ccccc2)[C@H]1C(=O)O. The van der Waals surface area contributed by atoms with Crippen molar-refractivity contribution in [2.75, 3.05) is 0 Å². The lowest BCUT2D eigenvalue weighted by atomic mass is 9.86. The number of β-lactam (4-membered cyclic amide) rings is 1. The van der Waals surface area contributed by atoms with Gasteiger partial charge in [0, 0.05) is 4.75 Å².